The number of ether oxygens (including phenoxy) is 1. The fourth-order valence-corrected chi connectivity index (χ4v) is 2.07. The van der Waals surface area contributed by atoms with Crippen LogP contribution in [0.25, 0.3) is 0 Å². The fraction of sp³-hybridized carbons (Fsp3) is 0.933. The lowest BCUT2D eigenvalue weighted by molar-refractivity contribution is 0.0920. The number of amides is 1. The van der Waals surface area contributed by atoms with Crippen LogP contribution in [0.2, 0.25) is 0 Å². The average molecular weight is 273 g/mol. The molecule has 0 heterocycles. The van der Waals surface area contributed by atoms with Crippen molar-refractivity contribution >= 4 is 6.09 Å². The molecule has 0 aromatic carbocycles. The number of aliphatic hydroxyl groups excluding tert-OH is 1. The van der Waals surface area contributed by atoms with E-state index in [0.717, 1.165) is 12.8 Å². The highest BCUT2D eigenvalue weighted by molar-refractivity contribution is 5.67. The Kier molecular flexibility index (Phi) is 11.8. The van der Waals surface area contributed by atoms with Gasteiger partial charge in [-0.05, 0) is 25.7 Å². The predicted molar refractivity (Wildman–Crippen MR) is 77.9 cm³/mol. The molecule has 0 bridgehead atoms. The van der Waals surface area contributed by atoms with Gasteiger partial charge in [-0.3, -0.25) is 5.32 Å². The van der Waals surface area contributed by atoms with Crippen LogP contribution in [0, 0.1) is 5.92 Å². The number of nitrogens with one attached hydrogen (secondary N) is 1. The molecule has 1 amide bonds. The number of hydrogen-bond acceptors (Lipinski definition) is 3. The fourth-order valence-electron chi connectivity index (χ4n) is 2.07. The maximum Gasteiger partial charge on any atom is 0.409 e. The summed E-state index contributed by atoms with van der Waals surface area (Å²) < 4.78 is 5.16. The summed E-state index contributed by atoms with van der Waals surface area (Å²) in [7, 11) is 0. The van der Waals surface area contributed by atoms with Gasteiger partial charge >= 0.3 is 6.09 Å². The predicted octanol–water partition coefficient (Wildman–Crippen LogP) is 3.83. The summed E-state index contributed by atoms with van der Waals surface area (Å²) in [5.41, 5.74) is 0. The molecular weight excluding hydrogens is 242 g/mol. The first-order valence-electron chi connectivity index (χ1n) is 7.71. The van der Waals surface area contributed by atoms with Crippen molar-refractivity contribution in [2.24, 2.45) is 5.92 Å². The number of aliphatic hydroxyl groups is 1. The second kappa shape index (κ2) is 12.3. The van der Waals surface area contributed by atoms with Crippen molar-refractivity contribution < 1.29 is 14.6 Å². The Morgan fingerprint density at radius 1 is 1.11 bits per heavy atom. The molecule has 0 saturated carbocycles. The standard InChI is InChI=1S/C15H31NO3/c1-4-6-8-9-11-14(10-7-5-2)12-19-15(18)16-13(3)17/h13-14,17H,4-12H2,1-3H3,(H,16,18). The molecule has 2 unspecified atom stereocenters. The molecule has 0 aliphatic rings. The second-order valence-electron chi connectivity index (χ2n) is 5.28. The van der Waals surface area contributed by atoms with Crippen LogP contribution in [0.5, 0.6) is 0 Å². The minimum absolute atomic E-state index is 0.455. The normalized spacial score (nSPS) is 13.9. The van der Waals surface area contributed by atoms with Crippen molar-refractivity contribution in [3.8, 4) is 0 Å². The summed E-state index contributed by atoms with van der Waals surface area (Å²) in [4.78, 5) is 11.3. The zero-order valence-corrected chi connectivity index (χ0v) is 12.8. The highest BCUT2D eigenvalue weighted by Gasteiger charge is 2.12. The van der Waals surface area contributed by atoms with Gasteiger partial charge in [0.05, 0.1) is 6.61 Å². The third-order valence-corrected chi connectivity index (χ3v) is 3.21. The summed E-state index contributed by atoms with van der Waals surface area (Å²) >= 11 is 0. The van der Waals surface area contributed by atoms with E-state index in [1.165, 1.54) is 45.4 Å². The molecule has 0 aromatic rings. The Balaban J connectivity index is 3.87. The first-order valence-corrected chi connectivity index (χ1v) is 7.71. The van der Waals surface area contributed by atoms with Crippen LogP contribution < -0.4 is 5.32 Å². The maximum atomic E-state index is 11.3. The van der Waals surface area contributed by atoms with E-state index in [4.69, 9.17) is 9.84 Å². The molecule has 0 aliphatic carbocycles. The molecule has 0 aliphatic heterocycles. The molecule has 0 rings (SSSR count). The Morgan fingerprint density at radius 2 is 1.74 bits per heavy atom. The minimum Gasteiger partial charge on any atom is -0.449 e. The molecule has 0 spiro atoms. The van der Waals surface area contributed by atoms with Gasteiger partial charge in [-0.1, -0.05) is 52.4 Å². The number of unbranched alkanes of at least 4 members (excludes halogenated alkanes) is 4. The van der Waals surface area contributed by atoms with Gasteiger partial charge in [-0.25, -0.2) is 4.79 Å². The minimum atomic E-state index is -0.855. The van der Waals surface area contributed by atoms with Crippen molar-refractivity contribution in [2.75, 3.05) is 6.61 Å². The van der Waals surface area contributed by atoms with Crippen LogP contribution in [0.4, 0.5) is 4.79 Å². The quantitative estimate of drug-likeness (QED) is 0.444. The van der Waals surface area contributed by atoms with Crippen LogP contribution >= 0.6 is 0 Å². The summed E-state index contributed by atoms with van der Waals surface area (Å²) in [6, 6.07) is 0. The van der Waals surface area contributed by atoms with Crippen LogP contribution in [-0.4, -0.2) is 24.0 Å². The molecule has 2 N–H and O–H groups in total. The molecule has 114 valence electrons. The SMILES string of the molecule is CCCCCCC(CCCC)COC(=O)NC(C)O. The molecule has 0 fully saturated rings. The Labute approximate surface area is 117 Å². The second-order valence-corrected chi connectivity index (χ2v) is 5.28. The van der Waals surface area contributed by atoms with E-state index in [-0.39, 0.29) is 0 Å². The van der Waals surface area contributed by atoms with Crippen molar-refractivity contribution in [3.63, 3.8) is 0 Å². The zero-order valence-electron chi connectivity index (χ0n) is 12.8. The van der Waals surface area contributed by atoms with E-state index >= 15 is 0 Å². The van der Waals surface area contributed by atoms with E-state index in [9.17, 15) is 4.79 Å². The monoisotopic (exact) mass is 273 g/mol. The summed E-state index contributed by atoms with van der Waals surface area (Å²) in [6.07, 6.45) is 8.22. The lowest BCUT2D eigenvalue weighted by atomic mass is 9.96. The Morgan fingerprint density at radius 3 is 2.32 bits per heavy atom. The Hall–Kier alpha value is -0.770. The third-order valence-electron chi connectivity index (χ3n) is 3.21. The van der Waals surface area contributed by atoms with Gasteiger partial charge in [0, 0.05) is 0 Å². The van der Waals surface area contributed by atoms with Crippen molar-refractivity contribution in [1.82, 2.24) is 5.32 Å². The van der Waals surface area contributed by atoms with Crippen molar-refractivity contribution in [1.29, 1.82) is 0 Å². The largest absolute Gasteiger partial charge is 0.449 e. The molecule has 2 atom stereocenters. The number of carbonyl (C=O) groups excluding carboxylic acids is 1. The van der Waals surface area contributed by atoms with Crippen LogP contribution in [0.15, 0.2) is 0 Å². The molecule has 4 heteroatoms. The van der Waals surface area contributed by atoms with Crippen molar-refractivity contribution in [3.05, 3.63) is 0 Å². The van der Waals surface area contributed by atoms with Crippen molar-refractivity contribution in [2.45, 2.75) is 78.4 Å². The molecular formula is C15H31NO3. The van der Waals surface area contributed by atoms with E-state index in [1.54, 1.807) is 0 Å². The molecule has 4 nitrogen and oxygen atoms in total. The van der Waals surface area contributed by atoms with E-state index in [1.807, 2.05) is 0 Å². The van der Waals surface area contributed by atoms with Gasteiger partial charge < -0.3 is 9.84 Å². The number of hydrogen-bond donors (Lipinski definition) is 2. The highest BCUT2D eigenvalue weighted by Crippen LogP contribution is 2.17. The molecule has 0 aromatic heterocycles. The average Bonchev–Trinajstić information content (AvgIpc) is 2.36. The van der Waals surface area contributed by atoms with E-state index in [0.29, 0.717) is 12.5 Å². The van der Waals surface area contributed by atoms with Gasteiger partial charge in [-0.2, -0.15) is 0 Å². The van der Waals surface area contributed by atoms with Crippen LogP contribution in [-0.2, 0) is 4.74 Å². The van der Waals surface area contributed by atoms with E-state index < -0.39 is 12.3 Å². The third kappa shape index (κ3) is 12.0. The number of rotatable bonds is 11. The first-order chi connectivity index (χ1) is 9.10. The lowest BCUT2D eigenvalue weighted by Gasteiger charge is -2.17. The van der Waals surface area contributed by atoms with Crippen LogP contribution in [0.3, 0.4) is 0 Å². The maximum absolute atomic E-state index is 11.3. The van der Waals surface area contributed by atoms with Gasteiger partial charge in [0.1, 0.15) is 6.23 Å². The smallest absolute Gasteiger partial charge is 0.409 e. The zero-order chi connectivity index (χ0) is 14.5. The molecule has 0 saturated heterocycles. The van der Waals surface area contributed by atoms with Gasteiger partial charge in [-0.15, -0.1) is 0 Å². The Bertz CT molecular complexity index is 219. The van der Waals surface area contributed by atoms with Gasteiger partial charge in [0.2, 0.25) is 0 Å². The lowest BCUT2D eigenvalue weighted by Crippen LogP contribution is -2.33. The number of carbonyl (C=O) groups is 1. The van der Waals surface area contributed by atoms with Gasteiger partial charge in [0.15, 0.2) is 0 Å². The first kappa shape index (κ1) is 18.2. The highest BCUT2D eigenvalue weighted by atomic mass is 16.6. The van der Waals surface area contributed by atoms with Crippen LogP contribution in [0.1, 0.15) is 72.1 Å². The summed E-state index contributed by atoms with van der Waals surface area (Å²) in [5, 5.41) is 11.3. The molecule has 19 heavy (non-hydrogen) atoms. The topological polar surface area (TPSA) is 58.6 Å². The van der Waals surface area contributed by atoms with E-state index in [2.05, 4.69) is 19.2 Å². The number of alkyl carbamates (subject to hydrolysis) is 1. The van der Waals surface area contributed by atoms with Gasteiger partial charge in [0.25, 0.3) is 0 Å². The summed E-state index contributed by atoms with van der Waals surface area (Å²) in [6.45, 7) is 6.35. The summed E-state index contributed by atoms with van der Waals surface area (Å²) in [5.74, 6) is 0.455. The molecule has 0 radical (unpaired) electrons.